The summed E-state index contributed by atoms with van der Waals surface area (Å²) < 4.78 is 43.4. The van der Waals surface area contributed by atoms with Gasteiger partial charge in [-0.15, -0.1) is 0 Å². The van der Waals surface area contributed by atoms with Crippen molar-refractivity contribution in [1.29, 1.82) is 0 Å². The van der Waals surface area contributed by atoms with Gasteiger partial charge in [0.15, 0.2) is 11.6 Å². The van der Waals surface area contributed by atoms with Crippen LogP contribution in [0.4, 0.5) is 10.2 Å². The summed E-state index contributed by atoms with van der Waals surface area (Å²) in [6, 6.07) is 9.13. The lowest BCUT2D eigenvalue weighted by Crippen LogP contribution is -2.53. The van der Waals surface area contributed by atoms with Gasteiger partial charge in [0.05, 0.1) is 0 Å². The molecule has 2 aromatic rings. The molecule has 3 heterocycles. The molecule has 2 aliphatic heterocycles. The Balaban J connectivity index is 1.50. The van der Waals surface area contributed by atoms with Gasteiger partial charge in [0.25, 0.3) is 10.2 Å². The highest BCUT2D eigenvalue weighted by molar-refractivity contribution is 7.86. The summed E-state index contributed by atoms with van der Waals surface area (Å²) in [5.74, 6) is -0.248. The number of rotatable bonds is 4. The van der Waals surface area contributed by atoms with Crippen molar-refractivity contribution in [3.8, 4) is 11.3 Å². The van der Waals surface area contributed by atoms with E-state index in [4.69, 9.17) is 0 Å². The zero-order valence-electron chi connectivity index (χ0n) is 15.0. The van der Waals surface area contributed by atoms with Crippen LogP contribution >= 0.6 is 0 Å². The van der Waals surface area contributed by atoms with Crippen molar-refractivity contribution in [2.24, 2.45) is 0 Å². The second-order valence-corrected chi connectivity index (χ2v) is 8.65. The molecule has 1 aromatic heterocycles. The third-order valence-corrected chi connectivity index (χ3v) is 7.11. The summed E-state index contributed by atoms with van der Waals surface area (Å²) in [6.45, 7) is 2.61. The summed E-state index contributed by atoms with van der Waals surface area (Å²) in [6.07, 6.45) is 3.18. The molecule has 2 aliphatic rings. The Labute approximate surface area is 158 Å². The van der Waals surface area contributed by atoms with Gasteiger partial charge in [0, 0.05) is 44.8 Å². The number of hydrogen-bond acceptors (Lipinski definition) is 5. The van der Waals surface area contributed by atoms with Gasteiger partial charge in [-0.3, -0.25) is 0 Å². The molecule has 0 bridgehead atoms. The average molecular weight is 391 g/mol. The molecule has 0 N–H and O–H groups in total. The highest BCUT2D eigenvalue weighted by Crippen LogP contribution is 2.27. The molecular formula is C18H22FN5O2S. The molecule has 144 valence electrons. The molecule has 2 fully saturated rings. The highest BCUT2D eigenvalue weighted by Gasteiger charge is 2.34. The van der Waals surface area contributed by atoms with Crippen molar-refractivity contribution < 1.29 is 12.8 Å². The number of anilines is 1. The highest BCUT2D eigenvalue weighted by atomic mass is 32.2. The van der Waals surface area contributed by atoms with Gasteiger partial charge >= 0.3 is 0 Å². The molecule has 27 heavy (non-hydrogen) atoms. The first-order chi connectivity index (χ1) is 13.1. The first kappa shape index (κ1) is 18.3. The van der Waals surface area contributed by atoms with E-state index in [0.29, 0.717) is 44.8 Å². The minimum Gasteiger partial charge on any atom is -0.351 e. The van der Waals surface area contributed by atoms with E-state index >= 15 is 4.39 Å². The lowest BCUT2D eigenvalue weighted by atomic mass is 10.1. The quantitative estimate of drug-likeness (QED) is 0.794. The summed E-state index contributed by atoms with van der Waals surface area (Å²) in [4.78, 5) is 9.99. The van der Waals surface area contributed by atoms with Gasteiger partial charge in [-0.1, -0.05) is 30.3 Å². The smallest absolute Gasteiger partial charge is 0.282 e. The van der Waals surface area contributed by atoms with E-state index in [1.807, 2.05) is 18.2 Å². The largest absolute Gasteiger partial charge is 0.351 e. The Kier molecular flexibility index (Phi) is 5.07. The SMILES string of the molecule is O=S(=O)(N1CCCC1)N1CCN(c2ncnc(-c3ccccc3)c2F)CC1. The van der Waals surface area contributed by atoms with E-state index in [9.17, 15) is 8.42 Å². The van der Waals surface area contributed by atoms with Crippen LogP contribution in [-0.4, -0.2) is 66.3 Å². The predicted molar refractivity (Wildman–Crippen MR) is 101 cm³/mol. The molecular weight excluding hydrogens is 369 g/mol. The maximum absolute atomic E-state index is 15.0. The molecule has 0 spiro atoms. The molecule has 9 heteroatoms. The maximum Gasteiger partial charge on any atom is 0.282 e. The number of benzene rings is 1. The van der Waals surface area contributed by atoms with E-state index in [2.05, 4.69) is 9.97 Å². The molecule has 0 atom stereocenters. The average Bonchev–Trinajstić information content (AvgIpc) is 3.25. The molecule has 2 saturated heterocycles. The normalized spacial score (nSPS) is 19.5. The Bertz CT molecular complexity index is 895. The van der Waals surface area contributed by atoms with Crippen LogP contribution in [0, 0.1) is 5.82 Å². The zero-order chi connectivity index (χ0) is 18.9. The van der Waals surface area contributed by atoms with Crippen molar-refractivity contribution in [3.63, 3.8) is 0 Å². The van der Waals surface area contributed by atoms with Crippen molar-refractivity contribution in [2.45, 2.75) is 12.8 Å². The number of nitrogens with zero attached hydrogens (tertiary/aromatic N) is 5. The van der Waals surface area contributed by atoms with Crippen LogP contribution in [0.5, 0.6) is 0 Å². The van der Waals surface area contributed by atoms with Gasteiger partial charge in [-0.05, 0) is 12.8 Å². The number of halogens is 1. The minimum atomic E-state index is -3.42. The standard InChI is InChI=1S/C18H22FN5O2S/c19-16-17(15-6-2-1-3-7-15)20-14-21-18(16)22-10-12-24(13-11-22)27(25,26)23-8-4-5-9-23/h1-3,6-7,14H,4-5,8-13H2. The van der Waals surface area contributed by atoms with Gasteiger partial charge in [-0.2, -0.15) is 17.0 Å². The molecule has 7 nitrogen and oxygen atoms in total. The Morgan fingerprint density at radius 3 is 2.15 bits per heavy atom. The summed E-state index contributed by atoms with van der Waals surface area (Å²) in [5.41, 5.74) is 0.946. The number of hydrogen-bond donors (Lipinski definition) is 0. The van der Waals surface area contributed by atoms with Gasteiger partial charge < -0.3 is 4.90 Å². The molecule has 0 radical (unpaired) electrons. The zero-order valence-corrected chi connectivity index (χ0v) is 15.8. The summed E-state index contributed by atoms with van der Waals surface area (Å²) in [5, 5.41) is 0. The fraction of sp³-hybridized carbons (Fsp3) is 0.444. The second-order valence-electron chi connectivity index (χ2n) is 6.73. The lowest BCUT2D eigenvalue weighted by molar-refractivity contribution is 0.342. The molecule has 0 unspecified atom stereocenters. The molecule has 0 saturated carbocycles. The first-order valence-corrected chi connectivity index (χ1v) is 10.5. The van der Waals surface area contributed by atoms with Crippen LogP contribution in [0.1, 0.15) is 12.8 Å². The molecule has 0 amide bonds. The van der Waals surface area contributed by atoms with Crippen LogP contribution in [0.15, 0.2) is 36.7 Å². The number of piperazine rings is 1. The predicted octanol–water partition coefficient (Wildman–Crippen LogP) is 1.75. The molecule has 4 rings (SSSR count). The van der Waals surface area contributed by atoms with Crippen LogP contribution in [-0.2, 0) is 10.2 Å². The fourth-order valence-corrected chi connectivity index (χ4v) is 5.26. The third-order valence-electron chi connectivity index (χ3n) is 5.07. The van der Waals surface area contributed by atoms with Crippen LogP contribution in [0.2, 0.25) is 0 Å². The topological polar surface area (TPSA) is 69.6 Å². The monoisotopic (exact) mass is 391 g/mol. The lowest BCUT2D eigenvalue weighted by Gasteiger charge is -2.36. The van der Waals surface area contributed by atoms with E-state index < -0.39 is 16.0 Å². The Hall–Kier alpha value is -2.10. The third kappa shape index (κ3) is 3.54. The fourth-order valence-electron chi connectivity index (χ4n) is 3.59. The van der Waals surface area contributed by atoms with Crippen LogP contribution < -0.4 is 4.90 Å². The minimum absolute atomic E-state index is 0.224. The van der Waals surface area contributed by atoms with E-state index in [0.717, 1.165) is 12.8 Å². The van der Waals surface area contributed by atoms with Gasteiger partial charge in [0.2, 0.25) is 0 Å². The first-order valence-electron chi connectivity index (χ1n) is 9.13. The Morgan fingerprint density at radius 1 is 0.852 bits per heavy atom. The van der Waals surface area contributed by atoms with E-state index in [-0.39, 0.29) is 11.5 Å². The number of aromatic nitrogens is 2. The van der Waals surface area contributed by atoms with Crippen LogP contribution in [0.25, 0.3) is 11.3 Å². The summed E-state index contributed by atoms with van der Waals surface area (Å²) in [7, 11) is -3.42. The van der Waals surface area contributed by atoms with Crippen molar-refractivity contribution in [1.82, 2.24) is 18.6 Å². The van der Waals surface area contributed by atoms with Gasteiger partial charge in [-0.25, -0.2) is 14.4 Å². The van der Waals surface area contributed by atoms with Gasteiger partial charge in [0.1, 0.15) is 12.0 Å². The van der Waals surface area contributed by atoms with Crippen molar-refractivity contribution >= 4 is 16.0 Å². The van der Waals surface area contributed by atoms with Crippen molar-refractivity contribution in [3.05, 3.63) is 42.5 Å². The Morgan fingerprint density at radius 2 is 1.48 bits per heavy atom. The maximum atomic E-state index is 15.0. The van der Waals surface area contributed by atoms with Crippen LogP contribution in [0.3, 0.4) is 0 Å². The summed E-state index contributed by atoms with van der Waals surface area (Å²) >= 11 is 0. The molecule has 1 aromatic carbocycles. The van der Waals surface area contributed by atoms with Crippen molar-refractivity contribution in [2.75, 3.05) is 44.2 Å². The van der Waals surface area contributed by atoms with E-state index in [1.54, 1.807) is 21.3 Å². The second kappa shape index (κ2) is 7.49. The van der Waals surface area contributed by atoms with E-state index in [1.165, 1.54) is 10.6 Å². The molecule has 0 aliphatic carbocycles.